The summed E-state index contributed by atoms with van der Waals surface area (Å²) < 4.78 is 0. The maximum absolute atomic E-state index is 11.8. The van der Waals surface area contributed by atoms with Crippen LogP contribution in [0.1, 0.15) is 61.0 Å². The van der Waals surface area contributed by atoms with E-state index in [0.717, 1.165) is 65.3 Å². The van der Waals surface area contributed by atoms with Crippen molar-refractivity contribution in [1.29, 1.82) is 0 Å². The van der Waals surface area contributed by atoms with Crippen LogP contribution in [0.3, 0.4) is 0 Å². The summed E-state index contributed by atoms with van der Waals surface area (Å²) in [6.45, 7) is 4.42. The van der Waals surface area contributed by atoms with Crippen molar-refractivity contribution in [3.05, 3.63) is 132 Å². The number of aryl methyl sites for hydroxylation is 2. The molecule has 0 bridgehead atoms. The van der Waals surface area contributed by atoms with E-state index in [1.54, 1.807) is 6.20 Å². The zero-order chi connectivity index (χ0) is 29.1. The quantitative estimate of drug-likeness (QED) is 0.168. The van der Waals surface area contributed by atoms with E-state index in [0.29, 0.717) is 0 Å². The molecule has 3 nitrogen and oxygen atoms in total. The zero-order valence-electron chi connectivity index (χ0n) is 24.6. The molecule has 0 fully saturated rings. The van der Waals surface area contributed by atoms with Crippen LogP contribution in [0.15, 0.2) is 116 Å². The number of aromatic nitrogens is 2. The van der Waals surface area contributed by atoms with E-state index >= 15 is 0 Å². The molecule has 0 aliphatic heterocycles. The van der Waals surface area contributed by atoms with Gasteiger partial charge >= 0.3 is 0 Å². The first kappa shape index (κ1) is 28.9. The Kier molecular flexibility index (Phi) is 9.85. The lowest BCUT2D eigenvalue weighted by atomic mass is 9.90. The van der Waals surface area contributed by atoms with Gasteiger partial charge in [0.2, 0.25) is 0 Å². The molecule has 0 amide bonds. The molecule has 210 valence electrons. The van der Waals surface area contributed by atoms with Crippen molar-refractivity contribution in [3.63, 3.8) is 0 Å². The average Bonchev–Trinajstić information content (AvgIpc) is 3.06. The minimum Gasteiger partial charge on any atom is -0.298 e. The molecule has 0 saturated carbocycles. The van der Waals surface area contributed by atoms with Gasteiger partial charge in [0.15, 0.2) is 6.29 Å². The summed E-state index contributed by atoms with van der Waals surface area (Å²) in [6.07, 6.45) is 11.4. The Balaban J connectivity index is 0.000000169. The van der Waals surface area contributed by atoms with Crippen LogP contribution in [0.4, 0.5) is 0 Å². The highest BCUT2D eigenvalue weighted by atomic mass is 16.1. The van der Waals surface area contributed by atoms with E-state index in [4.69, 9.17) is 0 Å². The third-order valence-corrected chi connectivity index (χ3v) is 7.72. The highest BCUT2D eigenvalue weighted by Gasteiger charge is 2.15. The van der Waals surface area contributed by atoms with Crippen molar-refractivity contribution in [1.82, 2.24) is 9.97 Å². The second-order valence-corrected chi connectivity index (χ2v) is 10.7. The number of rotatable bonds is 9. The number of hydrogen-bond acceptors (Lipinski definition) is 3. The Bertz CT molecular complexity index is 1760. The van der Waals surface area contributed by atoms with Crippen LogP contribution in [-0.4, -0.2) is 16.3 Å². The number of fused-ring (bicyclic) bond motifs is 2. The number of carbonyl (C=O) groups excluding carboxylic acids is 1. The second-order valence-electron chi connectivity index (χ2n) is 10.7. The molecule has 0 aliphatic carbocycles. The molecule has 6 aromatic rings. The molecule has 4 aromatic carbocycles. The fourth-order valence-corrected chi connectivity index (χ4v) is 5.56. The van der Waals surface area contributed by atoms with Crippen molar-refractivity contribution >= 4 is 27.8 Å². The summed E-state index contributed by atoms with van der Waals surface area (Å²) in [5.74, 6) is 0. The summed E-state index contributed by atoms with van der Waals surface area (Å²) in [5, 5.41) is 4.72. The summed E-state index contributed by atoms with van der Waals surface area (Å²) in [5.41, 5.74) is 7.58. The first-order valence-electron chi connectivity index (χ1n) is 15.1. The fourth-order valence-electron chi connectivity index (χ4n) is 5.56. The monoisotopic (exact) mass is 550 g/mol. The average molecular weight is 551 g/mol. The standard InChI is InChI=1S/C20H19NO.C19H19N/c1-2-3-8-16-13-15-9-4-5-10-17(15)18(14-22)20(16)19-11-6-7-12-21-19;1-2-3-8-17-13-15-9-4-5-10-16(15)14-18(17)19-11-6-7-12-20-19/h4-7,9-14H,2-3,8H2,1H3;4-7,9-14H,2-3,8H2,1H3. The van der Waals surface area contributed by atoms with Crippen LogP contribution in [-0.2, 0) is 12.8 Å². The van der Waals surface area contributed by atoms with Gasteiger partial charge in [-0.15, -0.1) is 0 Å². The lowest BCUT2D eigenvalue weighted by Gasteiger charge is -2.14. The molecule has 0 spiro atoms. The van der Waals surface area contributed by atoms with Gasteiger partial charge < -0.3 is 0 Å². The van der Waals surface area contributed by atoms with Crippen molar-refractivity contribution < 1.29 is 4.79 Å². The van der Waals surface area contributed by atoms with Crippen LogP contribution in [0.2, 0.25) is 0 Å². The summed E-state index contributed by atoms with van der Waals surface area (Å²) in [6, 6.07) is 35.4. The largest absolute Gasteiger partial charge is 0.298 e. The number of unbranched alkanes of at least 4 members (excludes halogenated alkanes) is 2. The molecular formula is C39H38N2O. The van der Waals surface area contributed by atoms with Gasteiger partial charge in [0.25, 0.3) is 0 Å². The molecule has 3 heteroatoms. The van der Waals surface area contributed by atoms with E-state index in [9.17, 15) is 4.79 Å². The number of nitrogens with zero attached hydrogens (tertiary/aromatic N) is 2. The Morgan fingerprint density at radius 2 is 1.14 bits per heavy atom. The maximum Gasteiger partial charge on any atom is 0.151 e. The lowest BCUT2D eigenvalue weighted by molar-refractivity contribution is 0.112. The summed E-state index contributed by atoms with van der Waals surface area (Å²) >= 11 is 0. The smallest absolute Gasteiger partial charge is 0.151 e. The Morgan fingerprint density at radius 1 is 0.595 bits per heavy atom. The van der Waals surface area contributed by atoms with Crippen LogP contribution in [0, 0.1) is 0 Å². The molecule has 0 unspecified atom stereocenters. The minimum absolute atomic E-state index is 0.753. The number of hydrogen-bond donors (Lipinski definition) is 0. The molecule has 0 aliphatic rings. The van der Waals surface area contributed by atoms with Crippen LogP contribution in [0.5, 0.6) is 0 Å². The third-order valence-electron chi connectivity index (χ3n) is 7.72. The fraction of sp³-hybridized carbons (Fsp3) is 0.205. The number of benzene rings is 4. The lowest BCUT2D eigenvalue weighted by Crippen LogP contribution is -1.99. The van der Waals surface area contributed by atoms with Crippen molar-refractivity contribution in [3.8, 4) is 22.5 Å². The molecule has 0 atom stereocenters. The maximum atomic E-state index is 11.8. The molecule has 6 rings (SSSR count). The second kappa shape index (κ2) is 14.3. The van der Waals surface area contributed by atoms with E-state index in [1.165, 1.54) is 40.3 Å². The molecule has 0 N–H and O–H groups in total. The normalized spacial score (nSPS) is 10.8. The van der Waals surface area contributed by atoms with E-state index in [1.807, 2.05) is 48.7 Å². The molecule has 2 heterocycles. The highest BCUT2D eigenvalue weighted by Crippen LogP contribution is 2.33. The van der Waals surface area contributed by atoms with E-state index in [-0.39, 0.29) is 0 Å². The van der Waals surface area contributed by atoms with Crippen molar-refractivity contribution in [2.24, 2.45) is 0 Å². The van der Waals surface area contributed by atoms with Crippen LogP contribution < -0.4 is 0 Å². The zero-order valence-corrected chi connectivity index (χ0v) is 24.6. The summed E-state index contributed by atoms with van der Waals surface area (Å²) in [7, 11) is 0. The van der Waals surface area contributed by atoms with Crippen molar-refractivity contribution in [2.45, 2.75) is 52.4 Å². The predicted molar refractivity (Wildman–Crippen MR) is 177 cm³/mol. The van der Waals surface area contributed by atoms with Crippen LogP contribution >= 0.6 is 0 Å². The van der Waals surface area contributed by atoms with Gasteiger partial charge in [-0.1, -0.05) is 99.5 Å². The number of carbonyl (C=O) groups is 1. The predicted octanol–water partition coefficient (Wildman–Crippen LogP) is 10.3. The topological polar surface area (TPSA) is 42.9 Å². The molecule has 2 aromatic heterocycles. The van der Waals surface area contributed by atoms with Gasteiger partial charge in [0.1, 0.15) is 0 Å². The van der Waals surface area contributed by atoms with Gasteiger partial charge in [-0.2, -0.15) is 0 Å². The molecule has 42 heavy (non-hydrogen) atoms. The summed E-state index contributed by atoms with van der Waals surface area (Å²) in [4.78, 5) is 20.8. The van der Waals surface area contributed by atoms with Gasteiger partial charge in [0.05, 0.1) is 11.4 Å². The Hall–Kier alpha value is -4.63. The first-order chi connectivity index (χ1) is 20.7. The minimum atomic E-state index is 0.753. The van der Waals surface area contributed by atoms with Gasteiger partial charge in [0, 0.05) is 29.1 Å². The van der Waals surface area contributed by atoms with Gasteiger partial charge in [-0.3, -0.25) is 14.8 Å². The molecule has 0 radical (unpaired) electrons. The third kappa shape index (κ3) is 6.63. The van der Waals surface area contributed by atoms with E-state index in [2.05, 4.69) is 84.5 Å². The Labute approximate surface area is 249 Å². The molecular weight excluding hydrogens is 512 g/mol. The first-order valence-corrected chi connectivity index (χ1v) is 15.1. The van der Waals surface area contributed by atoms with Crippen LogP contribution in [0.25, 0.3) is 44.1 Å². The number of pyridine rings is 2. The SMILES string of the molecule is CCCCc1cc2ccccc2c(C=O)c1-c1ccccn1.CCCCc1cc2ccccc2cc1-c1ccccn1. The number of aldehydes is 1. The van der Waals surface area contributed by atoms with Gasteiger partial charge in [-0.05, 0) is 88.7 Å². The molecule has 0 saturated heterocycles. The van der Waals surface area contributed by atoms with Gasteiger partial charge in [-0.25, -0.2) is 0 Å². The van der Waals surface area contributed by atoms with E-state index < -0.39 is 0 Å². The van der Waals surface area contributed by atoms with Crippen molar-refractivity contribution in [2.75, 3.05) is 0 Å². The Morgan fingerprint density at radius 3 is 1.76 bits per heavy atom. The highest BCUT2D eigenvalue weighted by molar-refractivity contribution is 6.05.